The molecule has 1 amide bonds. The largest absolute Gasteiger partial charge is 0.495 e. The van der Waals surface area contributed by atoms with Crippen molar-refractivity contribution in [1.29, 1.82) is 0 Å². The summed E-state index contributed by atoms with van der Waals surface area (Å²) >= 11 is 0. The van der Waals surface area contributed by atoms with E-state index in [9.17, 15) is 13.2 Å². The quantitative estimate of drug-likeness (QED) is 0.610. The summed E-state index contributed by atoms with van der Waals surface area (Å²) in [5.41, 5.74) is 1.64. The van der Waals surface area contributed by atoms with Gasteiger partial charge in [0.2, 0.25) is 0 Å². The summed E-state index contributed by atoms with van der Waals surface area (Å²) in [5.74, 6) is 0.339. The molecular weight excluding hydrogens is 412 g/mol. The number of carbonyl (C=O) groups is 1. The van der Waals surface area contributed by atoms with Crippen LogP contribution in [0.5, 0.6) is 5.75 Å². The number of rotatable bonds is 6. The Morgan fingerprint density at radius 2 is 1.65 bits per heavy atom. The molecule has 6 nitrogen and oxygen atoms in total. The number of nitrogens with zero attached hydrogens (tertiary/aromatic N) is 2. The van der Waals surface area contributed by atoms with Crippen LogP contribution in [0.15, 0.2) is 47.4 Å². The third kappa shape index (κ3) is 4.87. The van der Waals surface area contributed by atoms with Crippen molar-refractivity contribution < 1.29 is 17.9 Å². The zero-order valence-corrected chi connectivity index (χ0v) is 19.6. The number of benzene rings is 2. The minimum atomic E-state index is -3.87. The van der Waals surface area contributed by atoms with Gasteiger partial charge < -0.3 is 9.64 Å². The van der Waals surface area contributed by atoms with Crippen molar-refractivity contribution in [2.24, 2.45) is 0 Å². The highest BCUT2D eigenvalue weighted by molar-refractivity contribution is 7.92. The lowest BCUT2D eigenvalue weighted by molar-refractivity contribution is 0.0716. The SMILES string of the molecule is COc1ccccc1N(C)S(=O)(=O)c1ccc(C)c(C(=O)N(C)C2CCCCCC2)c1. The van der Waals surface area contributed by atoms with Crippen LogP contribution in [0.2, 0.25) is 0 Å². The van der Waals surface area contributed by atoms with Crippen LogP contribution in [0.1, 0.15) is 54.4 Å². The highest BCUT2D eigenvalue weighted by Gasteiger charge is 2.27. The van der Waals surface area contributed by atoms with E-state index < -0.39 is 10.0 Å². The van der Waals surface area contributed by atoms with Crippen molar-refractivity contribution in [3.8, 4) is 5.75 Å². The van der Waals surface area contributed by atoms with Gasteiger partial charge in [-0.2, -0.15) is 0 Å². The minimum Gasteiger partial charge on any atom is -0.495 e. The summed E-state index contributed by atoms with van der Waals surface area (Å²) in [4.78, 5) is 15.2. The number of methoxy groups -OCH3 is 1. The molecule has 0 bridgehead atoms. The second-order valence-electron chi connectivity index (χ2n) is 8.18. The number of hydrogen-bond donors (Lipinski definition) is 0. The molecule has 0 radical (unpaired) electrons. The number of aryl methyl sites for hydroxylation is 1. The monoisotopic (exact) mass is 444 g/mol. The lowest BCUT2D eigenvalue weighted by Gasteiger charge is -2.28. The number of para-hydroxylation sites is 2. The Kier molecular flexibility index (Phi) is 7.26. The summed E-state index contributed by atoms with van der Waals surface area (Å²) in [6, 6.07) is 11.9. The Hall–Kier alpha value is -2.54. The lowest BCUT2D eigenvalue weighted by Crippen LogP contribution is -2.37. The van der Waals surface area contributed by atoms with Crippen molar-refractivity contribution in [2.75, 3.05) is 25.5 Å². The predicted molar refractivity (Wildman–Crippen MR) is 123 cm³/mol. The molecule has 0 spiro atoms. The standard InChI is InChI=1S/C24H32N2O4S/c1-18-15-16-20(31(28,29)26(3)22-13-9-10-14-23(22)30-4)17-21(18)24(27)25(2)19-11-7-5-6-8-12-19/h9-10,13-17,19H,5-8,11-12H2,1-4H3. The van der Waals surface area contributed by atoms with Crippen molar-refractivity contribution >= 4 is 21.6 Å². The Morgan fingerprint density at radius 1 is 1.00 bits per heavy atom. The molecule has 31 heavy (non-hydrogen) atoms. The fraction of sp³-hybridized carbons (Fsp3) is 0.458. The van der Waals surface area contributed by atoms with Crippen LogP contribution >= 0.6 is 0 Å². The van der Waals surface area contributed by atoms with E-state index in [0.29, 0.717) is 17.0 Å². The number of carbonyl (C=O) groups excluding carboxylic acids is 1. The lowest BCUT2D eigenvalue weighted by atomic mass is 10.0. The van der Waals surface area contributed by atoms with Crippen LogP contribution in [0, 0.1) is 6.92 Å². The zero-order chi connectivity index (χ0) is 22.6. The molecule has 1 aliphatic carbocycles. The Labute approximate surface area is 185 Å². The van der Waals surface area contributed by atoms with Gasteiger partial charge in [0.15, 0.2) is 0 Å². The second-order valence-corrected chi connectivity index (χ2v) is 10.2. The molecule has 0 aliphatic heterocycles. The van der Waals surface area contributed by atoms with Crippen LogP contribution in [-0.4, -0.2) is 46.5 Å². The van der Waals surface area contributed by atoms with E-state index in [-0.39, 0.29) is 16.8 Å². The van der Waals surface area contributed by atoms with Crippen molar-refractivity contribution in [1.82, 2.24) is 4.90 Å². The summed E-state index contributed by atoms with van der Waals surface area (Å²) in [6.45, 7) is 1.84. The molecule has 2 aromatic rings. The summed E-state index contributed by atoms with van der Waals surface area (Å²) in [6.07, 6.45) is 6.66. The number of ether oxygens (including phenoxy) is 1. The van der Waals surface area contributed by atoms with E-state index in [0.717, 1.165) is 31.2 Å². The van der Waals surface area contributed by atoms with E-state index >= 15 is 0 Å². The fourth-order valence-electron chi connectivity index (χ4n) is 4.17. The molecule has 0 saturated heterocycles. The molecule has 0 heterocycles. The van der Waals surface area contributed by atoms with Crippen LogP contribution in [-0.2, 0) is 10.0 Å². The maximum absolute atomic E-state index is 13.3. The van der Waals surface area contributed by atoms with Gasteiger partial charge in [-0.25, -0.2) is 8.42 Å². The maximum atomic E-state index is 13.3. The van der Waals surface area contributed by atoms with Gasteiger partial charge in [-0.1, -0.05) is 43.9 Å². The predicted octanol–water partition coefficient (Wildman–Crippen LogP) is 4.62. The molecule has 3 rings (SSSR count). The van der Waals surface area contributed by atoms with E-state index in [1.54, 1.807) is 41.3 Å². The van der Waals surface area contributed by atoms with Crippen LogP contribution in [0.4, 0.5) is 5.69 Å². The van der Waals surface area contributed by atoms with Crippen LogP contribution < -0.4 is 9.04 Å². The average molecular weight is 445 g/mol. The molecule has 7 heteroatoms. The summed E-state index contributed by atoms with van der Waals surface area (Å²) in [5, 5.41) is 0. The number of sulfonamides is 1. The Balaban J connectivity index is 1.93. The third-order valence-electron chi connectivity index (χ3n) is 6.22. The minimum absolute atomic E-state index is 0.0872. The van der Waals surface area contributed by atoms with Crippen molar-refractivity contribution in [3.63, 3.8) is 0 Å². The molecule has 0 atom stereocenters. The van der Waals surface area contributed by atoms with Gasteiger partial charge in [0.25, 0.3) is 15.9 Å². The van der Waals surface area contributed by atoms with E-state index in [4.69, 9.17) is 4.74 Å². The number of anilines is 1. The Morgan fingerprint density at radius 3 is 2.29 bits per heavy atom. The number of hydrogen-bond acceptors (Lipinski definition) is 4. The molecule has 1 saturated carbocycles. The molecule has 0 unspecified atom stereocenters. The first-order valence-electron chi connectivity index (χ1n) is 10.8. The van der Waals surface area contributed by atoms with Gasteiger partial charge in [-0.3, -0.25) is 9.10 Å². The zero-order valence-electron chi connectivity index (χ0n) is 18.8. The first kappa shape index (κ1) is 23.1. The van der Waals surface area contributed by atoms with Gasteiger partial charge in [0.05, 0.1) is 17.7 Å². The third-order valence-corrected chi connectivity index (χ3v) is 7.98. The van der Waals surface area contributed by atoms with Crippen molar-refractivity contribution in [2.45, 2.75) is 56.4 Å². The van der Waals surface area contributed by atoms with Crippen LogP contribution in [0.25, 0.3) is 0 Å². The highest BCUT2D eigenvalue weighted by Crippen LogP contribution is 2.31. The van der Waals surface area contributed by atoms with E-state index in [1.165, 1.54) is 37.4 Å². The molecular formula is C24H32N2O4S. The highest BCUT2D eigenvalue weighted by atomic mass is 32.2. The molecule has 0 N–H and O–H groups in total. The van der Waals surface area contributed by atoms with Gasteiger partial charge in [-0.15, -0.1) is 0 Å². The molecule has 1 fully saturated rings. The molecule has 168 valence electrons. The van der Waals surface area contributed by atoms with Gasteiger partial charge in [-0.05, 0) is 49.6 Å². The molecule has 2 aromatic carbocycles. The molecule has 1 aliphatic rings. The summed E-state index contributed by atoms with van der Waals surface area (Å²) < 4.78 is 33.2. The summed E-state index contributed by atoms with van der Waals surface area (Å²) in [7, 11) is 0.960. The van der Waals surface area contributed by atoms with Gasteiger partial charge in [0, 0.05) is 25.7 Å². The smallest absolute Gasteiger partial charge is 0.264 e. The molecule has 0 aromatic heterocycles. The maximum Gasteiger partial charge on any atom is 0.264 e. The van der Waals surface area contributed by atoms with Crippen LogP contribution in [0.3, 0.4) is 0 Å². The normalized spacial score (nSPS) is 15.2. The van der Waals surface area contributed by atoms with Crippen molar-refractivity contribution in [3.05, 3.63) is 53.6 Å². The van der Waals surface area contributed by atoms with E-state index in [2.05, 4.69) is 0 Å². The van der Waals surface area contributed by atoms with Gasteiger partial charge >= 0.3 is 0 Å². The fourth-order valence-corrected chi connectivity index (χ4v) is 5.40. The first-order valence-corrected chi connectivity index (χ1v) is 12.2. The average Bonchev–Trinajstić information content (AvgIpc) is 3.07. The Bertz CT molecular complexity index is 1030. The second kappa shape index (κ2) is 9.73. The van der Waals surface area contributed by atoms with Gasteiger partial charge in [0.1, 0.15) is 5.75 Å². The number of amides is 1. The first-order chi connectivity index (χ1) is 14.8. The topological polar surface area (TPSA) is 66.9 Å². The van der Waals surface area contributed by atoms with E-state index in [1.807, 2.05) is 14.0 Å².